The molecule has 0 bridgehead atoms. The molecule has 0 atom stereocenters. The highest BCUT2D eigenvalue weighted by molar-refractivity contribution is 9.10. The number of pyridine rings is 1. The van der Waals surface area contributed by atoms with Crippen LogP contribution >= 0.6 is 15.9 Å². The van der Waals surface area contributed by atoms with E-state index in [4.69, 9.17) is 0 Å². The molecule has 1 heterocycles. The molecule has 1 aromatic rings. The molecule has 0 amide bonds. The van der Waals surface area contributed by atoms with Crippen LogP contribution in [-0.4, -0.2) is 29.3 Å². The molecule has 0 spiro atoms. The minimum atomic E-state index is -0.510. The van der Waals surface area contributed by atoms with Crippen LogP contribution in [-0.2, 0) is 0 Å². The van der Waals surface area contributed by atoms with Gasteiger partial charge in [0.1, 0.15) is 5.82 Å². The van der Waals surface area contributed by atoms with E-state index in [0.717, 1.165) is 36.0 Å². The maximum atomic E-state index is 10.3. The summed E-state index contributed by atoms with van der Waals surface area (Å²) in [6.45, 7) is 0.668. The first-order chi connectivity index (χ1) is 7.59. The number of halogens is 1. The van der Waals surface area contributed by atoms with Gasteiger partial charge in [0.15, 0.2) is 0 Å². The number of rotatable bonds is 3. The molecular formula is C12H17BrN2O. The highest BCUT2D eigenvalue weighted by atomic mass is 79.9. The third-order valence-corrected chi connectivity index (χ3v) is 3.64. The molecule has 0 aliphatic heterocycles. The Hall–Kier alpha value is -0.610. The van der Waals surface area contributed by atoms with Crippen molar-refractivity contribution in [2.75, 3.05) is 18.5 Å². The van der Waals surface area contributed by atoms with Crippen molar-refractivity contribution in [1.82, 2.24) is 4.98 Å². The predicted molar refractivity (Wildman–Crippen MR) is 68.6 cm³/mol. The van der Waals surface area contributed by atoms with Gasteiger partial charge in [0.05, 0.1) is 5.60 Å². The van der Waals surface area contributed by atoms with Crippen molar-refractivity contribution in [1.29, 1.82) is 0 Å². The van der Waals surface area contributed by atoms with Gasteiger partial charge < -0.3 is 10.0 Å². The second-order valence-corrected chi connectivity index (χ2v) is 5.54. The third-order valence-electron chi connectivity index (χ3n) is 3.17. The zero-order chi connectivity index (χ0) is 11.6. The maximum absolute atomic E-state index is 10.3. The van der Waals surface area contributed by atoms with Crippen LogP contribution in [0.5, 0.6) is 0 Å². The van der Waals surface area contributed by atoms with Gasteiger partial charge in [-0.2, -0.15) is 0 Å². The number of aromatic nitrogens is 1. The topological polar surface area (TPSA) is 36.4 Å². The molecule has 1 aliphatic rings. The van der Waals surface area contributed by atoms with Crippen LogP contribution in [0.25, 0.3) is 0 Å². The van der Waals surface area contributed by atoms with E-state index < -0.39 is 5.60 Å². The quantitative estimate of drug-likeness (QED) is 0.927. The van der Waals surface area contributed by atoms with Crippen LogP contribution in [0.1, 0.15) is 25.7 Å². The second kappa shape index (κ2) is 4.72. The summed E-state index contributed by atoms with van der Waals surface area (Å²) >= 11 is 3.36. The van der Waals surface area contributed by atoms with Crippen LogP contribution in [0.3, 0.4) is 0 Å². The van der Waals surface area contributed by atoms with Crippen LogP contribution in [0.15, 0.2) is 22.8 Å². The van der Waals surface area contributed by atoms with Crippen LogP contribution in [0, 0.1) is 0 Å². The van der Waals surface area contributed by atoms with E-state index in [1.165, 1.54) is 0 Å². The number of hydrogen-bond acceptors (Lipinski definition) is 3. The minimum absolute atomic E-state index is 0.510. The molecule has 1 aliphatic carbocycles. The highest BCUT2D eigenvalue weighted by Gasteiger charge is 2.32. The number of hydrogen-bond donors (Lipinski definition) is 1. The average Bonchev–Trinajstić information content (AvgIpc) is 2.65. The Kier molecular flexibility index (Phi) is 3.50. The van der Waals surface area contributed by atoms with Gasteiger partial charge in [-0.3, -0.25) is 0 Å². The fourth-order valence-electron chi connectivity index (χ4n) is 2.31. The molecule has 88 valence electrons. The summed E-state index contributed by atoms with van der Waals surface area (Å²) in [5.41, 5.74) is -0.510. The summed E-state index contributed by atoms with van der Waals surface area (Å²) < 4.78 is 0.976. The van der Waals surface area contributed by atoms with E-state index >= 15 is 0 Å². The lowest BCUT2D eigenvalue weighted by molar-refractivity contribution is 0.0558. The predicted octanol–water partition coefficient (Wildman–Crippen LogP) is 2.59. The molecule has 4 heteroatoms. The first-order valence-corrected chi connectivity index (χ1v) is 6.43. The van der Waals surface area contributed by atoms with Gasteiger partial charge in [-0.1, -0.05) is 12.8 Å². The zero-order valence-corrected chi connectivity index (χ0v) is 11.1. The number of aliphatic hydroxyl groups is 1. The van der Waals surface area contributed by atoms with Crippen LogP contribution in [0.2, 0.25) is 0 Å². The summed E-state index contributed by atoms with van der Waals surface area (Å²) in [6.07, 6.45) is 5.88. The normalized spacial score (nSPS) is 18.7. The summed E-state index contributed by atoms with van der Waals surface area (Å²) in [4.78, 5) is 6.34. The molecule has 1 saturated carbocycles. The Balaban J connectivity index is 2.02. The fraction of sp³-hybridized carbons (Fsp3) is 0.583. The number of anilines is 1. The molecule has 1 aromatic heterocycles. The first kappa shape index (κ1) is 11.9. The number of nitrogens with zero attached hydrogens (tertiary/aromatic N) is 2. The Morgan fingerprint density at radius 3 is 2.69 bits per heavy atom. The molecular weight excluding hydrogens is 268 g/mol. The van der Waals surface area contributed by atoms with Crippen molar-refractivity contribution in [2.24, 2.45) is 0 Å². The average molecular weight is 285 g/mol. The number of likely N-dealkylation sites (N-methyl/N-ethyl adjacent to an activating group) is 1. The lowest BCUT2D eigenvalue weighted by Crippen LogP contribution is -2.39. The van der Waals surface area contributed by atoms with Gasteiger partial charge in [0.25, 0.3) is 0 Å². The molecule has 3 nitrogen and oxygen atoms in total. The molecule has 0 unspecified atom stereocenters. The first-order valence-electron chi connectivity index (χ1n) is 5.64. The fourth-order valence-corrected chi connectivity index (χ4v) is 2.54. The van der Waals surface area contributed by atoms with Crippen LogP contribution in [0.4, 0.5) is 5.82 Å². The van der Waals surface area contributed by atoms with Crippen molar-refractivity contribution >= 4 is 21.7 Å². The van der Waals surface area contributed by atoms with Crippen molar-refractivity contribution in [3.63, 3.8) is 0 Å². The van der Waals surface area contributed by atoms with E-state index in [-0.39, 0.29) is 0 Å². The second-order valence-electron chi connectivity index (χ2n) is 4.62. The lowest BCUT2D eigenvalue weighted by Gasteiger charge is -2.29. The molecule has 0 saturated heterocycles. The zero-order valence-electron chi connectivity index (χ0n) is 9.49. The van der Waals surface area contributed by atoms with Gasteiger partial charge in [-0.25, -0.2) is 4.98 Å². The molecule has 16 heavy (non-hydrogen) atoms. The third kappa shape index (κ3) is 2.74. The Morgan fingerprint density at radius 1 is 1.44 bits per heavy atom. The van der Waals surface area contributed by atoms with Gasteiger partial charge in [-0.05, 0) is 40.9 Å². The SMILES string of the molecule is CN(CC1(O)CCCC1)c1ccc(Br)cn1. The van der Waals surface area contributed by atoms with Gasteiger partial charge in [0, 0.05) is 24.3 Å². The van der Waals surface area contributed by atoms with E-state index in [1.54, 1.807) is 6.20 Å². The smallest absolute Gasteiger partial charge is 0.128 e. The van der Waals surface area contributed by atoms with Crippen LogP contribution < -0.4 is 4.90 Å². The van der Waals surface area contributed by atoms with Crippen molar-refractivity contribution in [3.05, 3.63) is 22.8 Å². The molecule has 0 radical (unpaired) electrons. The van der Waals surface area contributed by atoms with Gasteiger partial charge in [0.2, 0.25) is 0 Å². The van der Waals surface area contributed by atoms with Crippen molar-refractivity contribution in [3.8, 4) is 0 Å². The monoisotopic (exact) mass is 284 g/mol. The standard InChI is InChI=1S/C12H17BrN2O/c1-15(9-12(16)6-2-3-7-12)11-5-4-10(13)8-14-11/h4-5,8,16H,2-3,6-7,9H2,1H3. The largest absolute Gasteiger partial charge is 0.388 e. The van der Waals surface area contributed by atoms with Gasteiger partial charge >= 0.3 is 0 Å². The molecule has 1 fully saturated rings. The van der Waals surface area contributed by atoms with Crippen molar-refractivity contribution < 1.29 is 5.11 Å². The van der Waals surface area contributed by atoms with E-state index in [2.05, 4.69) is 20.9 Å². The Morgan fingerprint density at radius 2 is 2.12 bits per heavy atom. The summed E-state index contributed by atoms with van der Waals surface area (Å²) in [5.74, 6) is 0.906. The van der Waals surface area contributed by atoms with E-state index in [9.17, 15) is 5.11 Å². The molecule has 1 N–H and O–H groups in total. The summed E-state index contributed by atoms with van der Waals surface area (Å²) in [7, 11) is 1.98. The van der Waals surface area contributed by atoms with E-state index in [1.807, 2.05) is 24.1 Å². The summed E-state index contributed by atoms with van der Waals surface area (Å²) in [6, 6.07) is 3.93. The highest BCUT2D eigenvalue weighted by Crippen LogP contribution is 2.30. The molecule has 0 aromatic carbocycles. The Labute approximate surface area is 105 Å². The summed E-state index contributed by atoms with van der Waals surface area (Å²) in [5, 5.41) is 10.3. The lowest BCUT2D eigenvalue weighted by atomic mass is 10.0. The van der Waals surface area contributed by atoms with Gasteiger partial charge in [-0.15, -0.1) is 0 Å². The molecule has 2 rings (SSSR count). The van der Waals surface area contributed by atoms with Crippen molar-refractivity contribution in [2.45, 2.75) is 31.3 Å². The minimum Gasteiger partial charge on any atom is -0.388 e. The maximum Gasteiger partial charge on any atom is 0.128 e. The Bertz CT molecular complexity index is 347. The van der Waals surface area contributed by atoms with E-state index in [0.29, 0.717) is 6.54 Å².